The van der Waals surface area contributed by atoms with Gasteiger partial charge in [0.15, 0.2) is 0 Å². The Morgan fingerprint density at radius 2 is 2.04 bits per heavy atom. The highest BCUT2D eigenvalue weighted by Crippen LogP contribution is 2.27. The summed E-state index contributed by atoms with van der Waals surface area (Å²) in [5.41, 5.74) is 2.68. The molecule has 5 heteroatoms. The summed E-state index contributed by atoms with van der Waals surface area (Å²) in [6.45, 7) is 3.82. The number of ether oxygens (including phenoxy) is 1. The van der Waals surface area contributed by atoms with Crippen LogP contribution in [0.5, 0.6) is 0 Å². The van der Waals surface area contributed by atoms with Gasteiger partial charge in [-0.15, -0.1) is 0 Å². The van der Waals surface area contributed by atoms with E-state index in [9.17, 15) is 4.79 Å². The fourth-order valence-corrected chi connectivity index (χ4v) is 2.72. The standard InChI is InChI=1S/C18H21ClN2O2/c1-12-8-9-14(11-20-12)10-17(22)21-13(2)18(23-3)15-6-4-5-7-16(15)19/h4-9,11,13,18H,10H2,1-3H3,(H,21,22)/t13-,18+/m0/s1. The molecule has 0 unspecified atom stereocenters. The third-order valence-electron chi connectivity index (χ3n) is 3.65. The lowest BCUT2D eigenvalue weighted by Crippen LogP contribution is -2.38. The maximum atomic E-state index is 12.2. The second-order valence-electron chi connectivity index (χ2n) is 5.52. The summed E-state index contributed by atoms with van der Waals surface area (Å²) in [7, 11) is 1.61. The van der Waals surface area contributed by atoms with Crippen LogP contribution in [-0.2, 0) is 16.0 Å². The van der Waals surface area contributed by atoms with Gasteiger partial charge in [-0.1, -0.05) is 35.9 Å². The highest BCUT2D eigenvalue weighted by molar-refractivity contribution is 6.31. The monoisotopic (exact) mass is 332 g/mol. The van der Waals surface area contributed by atoms with Crippen molar-refractivity contribution in [1.82, 2.24) is 10.3 Å². The van der Waals surface area contributed by atoms with E-state index in [2.05, 4.69) is 10.3 Å². The normalized spacial score (nSPS) is 13.4. The summed E-state index contributed by atoms with van der Waals surface area (Å²) in [4.78, 5) is 16.4. The molecule has 0 spiro atoms. The molecule has 0 aliphatic carbocycles. The van der Waals surface area contributed by atoms with Crippen LogP contribution < -0.4 is 5.32 Å². The molecule has 0 radical (unpaired) electrons. The number of benzene rings is 1. The molecule has 0 saturated carbocycles. The number of amides is 1. The first kappa shape index (κ1) is 17.4. The summed E-state index contributed by atoms with van der Waals surface area (Å²) in [5.74, 6) is -0.0720. The largest absolute Gasteiger partial charge is 0.375 e. The Morgan fingerprint density at radius 1 is 1.30 bits per heavy atom. The third-order valence-corrected chi connectivity index (χ3v) is 3.99. The first-order chi connectivity index (χ1) is 11.0. The van der Waals surface area contributed by atoms with E-state index in [1.807, 2.05) is 50.2 Å². The first-order valence-electron chi connectivity index (χ1n) is 7.49. The molecular formula is C18H21ClN2O2. The highest BCUT2D eigenvalue weighted by atomic mass is 35.5. The Kier molecular flexibility index (Phi) is 6.13. The molecule has 4 nitrogen and oxygen atoms in total. The Morgan fingerprint density at radius 3 is 2.65 bits per heavy atom. The van der Waals surface area contributed by atoms with Crippen molar-refractivity contribution in [2.24, 2.45) is 0 Å². The number of rotatable bonds is 6. The zero-order valence-electron chi connectivity index (χ0n) is 13.5. The topological polar surface area (TPSA) is 51.2 Å². The van der Waals surface area contributed by atoms with Crippen LogP contribution in [0.3, 0.4) is 0 Å². The highest BCUT2D eigenvalue weighted by Gasteiger charge is 2.22. The second kappa shape index (κ2) is 8.09. The van der Waals surface area contributed by atoms with Crippen LogP contribution >= 0.6 is 11.6 Å². The van der Waals surface area contributed by atoms with Crippen LogP contribution in [0, 0.1) is 6.92 Å². The summed E-state index contributed by atoms with van der Waals surface area (Å²) in [5, 5.41) is 3.60. The molecule has 2 rings (SSSR count). The Hall–Kier alpha value is -1.91. The second-order valence-corrected chi connectivity index (χ2v) is 5.93. The number of hydrogen-bond donors (Lipinski definition) is 1. The number of hydrogen-bond acceptors (Lipinski definition) is 3. The number of halogens is 1. The van der Waals surface area contributed by atoms with Crippen LogP contribution in [0.2, 0.25) is 5.02 Å². The van der Waals surface area contributed by atoms with Crippen molar-refractivity contribution in [3.8, 4) is 0 Å². The van der Waals surface area contributed by atoms with E-state index in [1.54, 1.807) is 13.3 Å². The lowest BCUT2D eigenvalue weighted by atomic mass is 10.0. The molecule has 0 fully saturated rings. The fourth-order valence-electron chi connectivity index (χ4n) is 2.48. The summed E-state index contributed by atoms with van der Waals surface area (Å²) >= 11 is 6.22. The summed E-state index contributed by atoms with van der Waals surface area (Å²) in [6.07, 6.45) is 1.71. The van der Waals surface area contributed by atoms with E-state index in [-0.39, 0.29) is 24.5 Å². The molecule has 122 valence electrons. The van der Waals surface area contributed by atoms with E-state index in [1.165, 1.54) is 0 Å². The maximum absolute atomic E-state index is 12.2. The van der Waals surface area contributed by atoms with Gasteiger partial charge in [-0.2, -0.15) is 0 Å². The fraction of sp³-hybridized carbons (Fsp3) is 0.333. The van der Waals surface area contributed by atoms with Crippen molar-refractivity contribution < 1.29 is 9.53 Å². The number of nitrogens with one attached hydrogen (secondary N) is 1. The molecule has 1 amide bonds. The number of carbonyl (C=O) groups excluding carboxylic acids is 1. The maximum Gasteiger partial charge on any atom is 0.224 e. The van der Waals surface area contributed by atoms with Crippen molar-refractivity contribution in [2.75, 3.05) is 7.11 Å². The molecule has 23 heavy (non-hydrogen) atoms. The molecule has 0 bridgehead atoms. The van der Waals surface area contributed by atoms with Gasteiger partial charge in [0.2, 0.25) is 5.91 Å². The smallest absolute Gasteiger partial charge is 0.224 e. The molecule has 2 aromatic rings. The molecule has 1 heterocycles. The average molecular weight is 333 g/mol. The number of methoxy groups -OCH3 is 1. The predicted molar refractivity (Wildman–Crippen MR) is 91.5 cm³/mol. The van der Waals surface area contributed by atoms with Gasteiger partial charge in [-0.05, 0) is 31.5 Å². The van der Waals surface area contributed by atoms with Gasteiger partial charge in [0, 0.05) is 29.6 Å². The molecule has 2 atom stereocenters. The van der Waals surface area contributed by atoms with Crippen LogP contribution in [0.4, 0.5) is 0 Å². The van der Waals surface area contributed by atoms with Crippen molar-refractivity contribution in [1.29, 1.82) is 0 Å². The minimum atomic E-state index is -0.302. The number of carbonyl (C=O) groups is 1. The van der Waals surface area contributed by atoms with Gasteiger partial charge in [0.25, 0.3) is 0 Å². The number of pyridine rings is 1. The van der Waals surface area contributed by atoms with E-state index < -0.39 is 0 Å². The Bertz CT molecular complexity index is 658. The van der Waals surface area contributed by atoms with Gasteiger partial charge in [0.05, 0.1) is 12.5 Å². The number of aromatic nitrogens is 1. The van der Waals surface area contributed by atoms with Crippen LogP contribution in [0.25, 0.3) is 0 Å². The van der Waals surface area contributed by atoms with Gasteiger partial charge in [0.1, 0.15) is 6.10 Å². The Labute approximate surface area is 141 Å². The Balaban J connectivity index is 2.01. The average Bonchev–Trinajstić information content (AvgIpc) is 2.52. The summed E-state index contributed by atoms with van der Waals surface area (Å²) < 4.78 is 5.53. The molecule has 1 N–H and O–H groups in total. The van der Waals surface area contributed by atoms with Gasteiger partial charge < -0.3 is 10.1 Å². The SMILES string of the molecule is CO[C@@H](c1ccccc1Cl)[C@H](C)NC(=O)Cc1ccc(C)nc1. The zero-order valence-corrected chi connectivity index (χ0v) is 14.3. The lowest BCUT2D eigenvalue weighted by Gasteiger charge is -2.25. The van der Waals surface area contributed by atoms with Gasteiger partial charge in [-0.3, -0.25) is 9.78 Å². The predicted octanol–water partition coefficient (Wildman–Crippen LogP) is 3.48. The van der Waals surface area contributed by atoms with Crippen molar-refractivity contribution in [3.05, 3.63) is 64.4 Å². The van der Waals surface area contributed by atoms with E-state index in [0.717, 1.165) is 16.8 Å². The molecular weight excluding hydrogens is 312 g/mol. The zero-order chi connectivity index (χ0) is 16.8. The third kappa shape index (κ3) is 4.78. The first-order valence-corrected chi connectivity index (χ1v) is 7.87. The van der Waals surface area contributed by atoms with Gasteiger partial charge >= 0.3 is 0 Å². The van der Waals surface area contributed by atoms with Gasteiger partial charge in [-0.25, -0.2) is 0 Å². The molecule has 0 saturated heterocycles. The molecule has 1 aromatic carbocycles. The van der Waals surface area contributed by atoms with Crippen LogP contribution in [-0.4, -0.2) is 24.0 Å². The van der Waals surface area contributed by atoms with E-state index in [4.69, 9.17) is 16.3 Å². The van der Waals surface area contributed by atoms with Crippen LogP contribution in [0.1, 0.15) is 29.8 Å². The summed E-state index contributed by atoms with van der Waals surface area (Å²) in [6, 6.07) is 11.1. The van der Waals surface area contributed by atoms with Crippen molar-refractivity contribution >= 4 is 17.5 Å². The lowest BCUT2D eigenvalue weighted by molar-refractivity contribution is -0.122. The minimum Gasteiger partial charge on any atom is -0.375 e. The number of aryl methyl sites for hydroxylation is 1. The minimum absolute atomic E-state index is 0.0720. The molecule has 0 aliphatic heterocycles. The van der Waals surface area contributed by atoms with E-state index >= 15 is 0 Å². The number of nitrogens with zero attached hydrogens (tertiary/aromatic N) is 1. The molecule has 1 aromatic heterocycles. The molecule has 0 aliphatic rings. The van der Waals surface area contributed by atoms with Crippen molar-refractivity contribution in [3.63, 3.8) is 0 Å². The quantitative estimate of drug-likeness (QED) is 0.881. The van der Waals surface area contributed by atoms with E-state index in [0.29, 0.717) is 5.02 Å². The van der Waals surface area contributed by atoms with Crippen molar-refractivity contribution in [2.45, 2.75) is 32.4 Å². The van der Waals surface area contributed by atoms with Crippen LogP contribution in [0.15, 0.2) is 42.6 Å².